The second-order valence-electron chi connectivity index (χ2n) is 7.92. The molecule has 0 aromatic heterocycles. The van der Waals surface area contributed by atoms with Crippen molar-refractivity contribution in [3.05, 3.63) is 87.9 Å². The zero-order valence-electron chi connectivity index (χ0n) is 18.5. The van der Waals surface area contributed by atoms with E-state index in [1.54, 1.807) is 12.1 Å². The topological polar surface area (TPSA) is 105 Å². The van der Waals surface area contributed by atoms with Gasteiger partial charge in [0.05, 0.1) is 5.56 Å². The lowest BCUT2D eigenvalue weighted by Gasteiger charge is -2.15. The van der Waals surface area contributed by atoms with E-state index in [1.807, 2.05) is 36.4 Å². The van der Waals surface area contributed by atoms with E-state index < -0.39 is 24.0 Å². The fourth-order valence-corrected chi connectivity index (χ4v) is 4.51. The second-order valence-corrected chi connectivity index (χ2v) is 8.77. The van der Waals surface area contributed by atoms with Crippen LogP contribution in [0.4, 0.5) is 10.5 Å². The summed E-state index contributed by atoms with van der Waals surface area (Å²) in [5.74, 6) is 0.268. The molecule has 0 saturated heterocycles. The van der Waals surface area contributed by atoms with E-state index in [4.69, 9.17) is 11.2 Å². The number of carbonyl (C=O) groups is 3. The number of benzene rings is 3. The minimum absolute atomic E-state index is 0.0801. The molecule has 3 aromatic rings. The Morgan fingerprint density at radius 1 is 1.03 bits per heavy atom. The van der Waals surface area contributed by atoms with Crippen molar-refractivity contribution >= 4 is 39.6 Å². The maximum absolute atomic E-state index is 12.6. The van der Waals surface area contributed by atoms with Crippen molar-refractivity contribution in [3.63, 3.8) is 0 Å². The number of hydrogen-bond acceptors (Lipinski definition) is 4. The van der Waals surface area contributed by atoms with Crippen LogP contribution in [0.1, 0.15) is 33.8 Å². The highest BCUT2D eigenvalue weighted by atomic mass is 79.9. The van der Waals surface area contributed by atoms with Gasteiger partial charge < -0.3 is 15.2 Å². The van der Waals surface area contributed by atoms with Crippen LogP contribution in [0.2, 0.25) is 0 Å². The summed E-state index contributed by atoms with van der Waals surface area (Å²) < 4.78 is 5.97. The van der Waals surface area contributed by atoms with Gasteiger partial charge in [0.25, 0.3) is 5.91 Å². The van der Waals surface area contributed by atoms with Gasteiger partial charge >= 0.3 is 12.1 Å². The van der Waals surface area contributed by atoms with Gasteiger partial charge in [-0.05, 0) is 56.4 Å². The predicted molar refractivity (Wildman–Crippen MR) is 135 cm³/mol. The molecule has 1 aliphatic carbocycles. The Morgan fingerprint density at radius 3 is 2.26 bits per heavy atom. The molecule has 0 saturated carbocycles. The lowest BCUT2D eigenvalue weighted by molar-refractivity contribution is -0.139. The summed E-state index contributed by atoms with van der Waals surface area (Å²) in [5.41, 5.74) is 4.92. The quantitative estimate of drug-likeness (QED) is 0.370. The Bertz CT molecular complexity index is 1300. The van der Waals surface area contributed by atoms with Gasteiger partial charge in [-0.15, -0.1) is 12.3 Å². The Kier molecular flexibility index (Phi) is 7.18. The summed E-state index contributed by atoms with van der Waals surface area (Å²) in [6.45, 7) is 0.149. The van der Waals surface area contributed by atoms with Gasteiger partial charge in [-0.2, -0.15) is 0 Å². The van der Waals surface area contributed by atoms with Gasteiger partial charge in [0.15, 0.2) is 0 Å². The molecule has 2 amide bonds. The molecule has 0 radical (unpaired) electrons. The number of terminal acetylenes is 1. The second kappa shape index (κ2) is 10.5. The summed E-state index contributed by atoms with van der Waals surface area (Å²) in [6.07, 6.45) is 4.36. The Labute approximate surface area is 210 Å². The lowest BCUT2D eigenvalue weighted by Crippen LogP contribution is -2.40. The number of amides is 2. The van der Waals surface area contributed by atoms with Crippen LogP contribution in [-0.4, -0.2) is 35.7 Å². The van der Waals surface area contributed by atoms with Gasteiger partial charge in [0.1, 0.15) is 12.6 Å². The average Bonchev–Trinajstić information content (AvgIpc) is 3.17. The van der Waals surface area contributed by atoms with E-state index in [9.17, 15) is 19.5 Å². The molecule has 0 heterocycles. The van der Waals surface area contributed by atoms with Gasteiger partial charge in [0.2, 0.25) is 0 Å². The molecule has 4 rings (SSSR count). The first-order chi connectivity index (χ1) is 16.9. The summed E-state index contributed by atoms with van der Waals surface area (Å²) in [6, 6.07) is 19.4. The Morgan fingerprint density at radius 2 is 1.66 bits per heavy atom. The van der Waals surface area contributed by atoms with Gasteiger partial charge in [-0.25, -0.2) is 9.59 Å². The van der Waals surface area contributed by atoms with Crippen molar-refractivity contribution < 1.29 is 24.2 Å². The van der Waals surface area contributed by atoms with Crippen molar-refractivity contribution in [2.24, 2.45) is 0 Å². The van der Waals surface area contributed by atoms with Crippen LogP contribution in [0.25, 0.3) is 11.1 Å². The molecule has 0 bridgehead atoms. The third kappa shape index (κ3) is 5.20. The molecule has 176 valence electrons. The van der Waals surface area contributed by atoms with Crippen LogP contribution >= 0.6 is 15.9 Å². The Hall–Kier alpha value is -4.09. The molecule has 1 unspecified atom stereocenters. The number of hydrogen-bond donors (Lipinski definition) is 3. The van der Waals surface area contributed by atoms with Crippen molar-refractivity contribution in [3.8, 4) is 23.5 Å². The van der Waals surface area contributed by atoms with E-state index in [0.29, 0.717) is 10.2 Å². The molecule has 8 heteroatoms. The summed E-state index contributed by atoms with van der Waals surface area (Å²) in [5, 5.41) is 14.2. The maximum atomic E-state index is 12.6. The number of rotatable bonds is 7. The third-order valence-corrected chi connectivity index (χ3v) is 6.42. The smallest absolute Gasteiger partial charge is 0.411 e. The SMILES string of the molecule is C#CCC(NC(=O)c1cc(NC(=O)OCC2c3ccccc3-c3ccccc32)ccc1Br)C(=O)O. The van der Waals surface area contributed by atoms with Crippen LogP contribution in [0, 0.1) is 12.3 Å². The Balaban J connectivity index is 1.44. The van der Waals surface area contributed by atoms with E-state index in [0.717, 1.165) is 22.3 Å². The maximum Gasteiger partial charge on any atom is 0.411 e. The number of carboxylic acids is 1. The average molecular weight is 533 g/mol. The molecule has 35 heavy (non-hydrogen) atoms. The van der Waals surface area contributed by atoms with Crippen molar-refractivity contribution in [2.45, 2.75) is 18.4 Å². The number of carboxylic acid groups (broad SMARTS) is 1. The highest BCUT2D eigenvalue weighted by Crippen LogP contribution is 2.44. The first-order valence-electron chi connectivity index (χ1n) is 10.8. The highest BCUT2D eigenvalue weighted by molar-refractivity contribution is 9.10. The summed E-state index contributed by atoms with van der Waals surface area (Å²) >= 11 is 3.28. The van der Waals surface area contributed by atoms with E-state index >= 15 is 0 Å². The standard InChI is InChI=1S/C27H21BrN2O5/c1-2-7-24(26(32)33)30-25(31)21-14-16(12-13-23(21)28)29-27(34)35-15-22-19-10-5-3-8-17(19)18-9-4-6-11-20(18)22/h1,3-6,8-14,22,24H,7,15H2,(H,29,34)(H,30,31)(H,32,33). The molecule has 1 aliphatic rings. The van der Waals surface area contributed by atoms with Crippen molar-refractivity contribution in [2.75, 3.05) is 11.9 Å². The van der Waals surface area contributed by atoms with Crippen molar-refractivity contribution in [1.29, 1.82) is 0 Å². The van der Waals surface area contributed by atoms with E-state index in [1.165, 1.54) is 6.07 Å². The number of anilines is 1. The number of nitrogens with one attached hydrogen (secondary N) is 2. The normalized spacial score (nSPS) is 12.6. The van der Waals surface area contributed by atoms with Crippen molar-refractivity contribution in [1.82, 2.24) is 5.32 Å². The van der Waals surface area contributed by atoms with Crippen LogP contribution in [0.5, 0.6) is 0 Å². The summed E-state index contributed by atoms with van der Waals surface area (Å²) in [7, 11) is 0. The molecule has 1 atom stereocenters. The zero-order valence-corrected chi connectivity index (χ0v) is 20.0. The van der Waals surface area contributed by atoms with Crippen LogP contribution in [0.15, 0.2) is 71.2 Å². The molecule has 3 N–H and O–H groups in total. The fraction of sp³-hybridized carbons (Fsp3) is 0.148. The predicted octanol–water partition coefficient (Wildman–Crippen LogP) is 5.02. The molecule has 3 aromatic carbocycles. The van der Waals surface area contributed by atoms with Crippen LogP contribution < -0.4 is 10.6 Å². The first-order valence-corrected chi connectivity index (χ1v) is 11.6. The van der Waals surface area contributed by atoms with Gasteiger partial charge in [0, 0.05) is 22.5 Å². The minimum atomic E-state index is -1.24. The molecule has 0 aliphatic heterocycles. The molecule has 0 spiro atoms. The number of ether oxygens (including phenoxy) is 1. The number of aliphatic carboxylic acids is 1. The van der Waals surface area contributed by atoms with E-state index in [2.05, 4.69) is 44.6 Å². The highest BCUT2D eigenvalue weighted by Gasteiger charge is 2.29. The molecular weight excluding hydrogens is 512 g/mol. The molecule has 7 nitrogen and oxygen atoms in total. The number of carbonyl (C=O) groups excluding carboxylic acids is 2. The zero-order chi connectivity index (χ0) is 24.9. The van der Waals surface area contributed by atoms with Crippen LogP contribution in [-0.2, 0) is 9.53 Å². The van der Waals surface area contributed by atoms with Gasteiger partial charge in [-0.3, -0.25) is 10.1 Å². The first kappa shape index (κ1) is 24.0. The van der Waals surface area contributed by atoms with Gasteiger partial charge in [-0.1, -0.05) is 48.5 Å². The number of halogens is 1. The third-order valence-electron chi connectivity index (χ3n) is 5.73. The largest absolute Gasteiger partial charge is 0.480 e. The van der Waals surface area contributed by atoms with Crippen LogP contribution in [0.3, 0.4) is 0 Å². The minimum Gasteiger partial charge on any atom is -0.480 e. The fourth-order valence-electron chi connectivity index (χ4n) is 4.08. The lowest BCUT2D eigenvalue weighted by atomic mass is 9.98. The number of fused-ring (bicyclic) bond motifs is 3. The molecular formula is C27H21BrN2O5. The van der Waals surface area contributed by atoms with E-state index in [-0.39, 0.29) is 24.5 Å². The molecule has 0 fully saturated rings. The monoisotopic (exact) mass is 532 g/mol. The summed E-state index contributed by atoms with van der Waals surface area (Å²) in [4.78, 5) is 36.5.